The molecule has 0 atom stereocenters. The molecule has 0 aliphatic heterocycles. The van der Waals surface area contributed by atoms with Gasteiger partial charge in [0.1, 0.15) is 0 Å². The molecule has 0 saturated heterocycles. The van der Waals surface area contributed by atoms with E-state index in [9.17, 15) is 0 Å². The fourth-order valence-electron chi connectivity index (χ4n) is 2.05. The fourth-order valence-corrected chi connectivity index (χ4v) is 2.05. The number of aliphatic imine (C=N–C) groups is 1. The molecule has 2 heteroatoms. The maximum absolute atomic E-state index is 4.11. The molecule has 18 heavy (non-hydrogen) atoms. The van der Waals surface area contributed by atoms with Gasteiger partial charge in [0.05, 0.1) is 5.70 Å². The van der Waals surface area contributed by atoms with E-state index in [1.165, 1.54) is 11.3 Å². The van der Waals surface area contributed by atoms with Crippen LogP contribution < -0.4 is 0 Å². The molecule has 1 aromatic carbocycles. The van der Waals surface area contributed by atoms with Gasteiger partial charge < -0.3 is 4.90 Å². The molecule has 92 valence electrons. The van der Waals surface area contributed by atoms with Crippen molar-refractivity contribution in [3.8, 4) is 0 Å². The Bertz CT molecular complexity index is 495. The first kappa shape index (κ1) is 12.4. The quantitative estimate of drug-likeness (QED) is 0.732. The van der Waals surface area contributed by atoms with E-state index in [1.807, 2.05) is 18.2 Å². The van der Waals surface area contributed by atoms with Crippen molar-refractivity contribution in [1.82, 2.24) is 4.90 Å². The fraction of sp³-hybridized carbons (Fsp3) is 0.188. The highest BCUT2D eigenvalue weighted by Gasteiger charge is 2.09. The van der Waals surface area contributed by atoms with Crippen molar-refractivity contribution in [3.63, 3.8) is 0 Å². The first-order chi connectivity index (χ1) is 8.81. The molecule has 2 nitrogen and oxygen atoms in total. The van der Waals surface area contributed by atoms with E-state index in [0.717, 1.165) is 18.7 Å². The van der Waals surface area contributed by atoms with Crippen LogP contribution >= 0.6 is 0 Å². The molecule has 0 aromatic heterocycles. The predicted octanol–water partition coefficient (Wildman–Crippen LogP) is 3.55. The van der Waals surface area contributed by atoms with Gasteiger partial charge in [0.2, 0.25) is 0 Å². The van der Waals surface area contributed by atoms with Crippen LogP contribution in [0.25, 0.3) is 0 Å². The summed E-state index contributed by atoms with van der Waals surface area (Å²) in [5.41, 5.74) is 3.46. The topological polar surface area (TPSA) is 15.6 Å². The summed E-state index contributed by atoms with van der Waals surface area (Å²) in [7, 11) is 2.10. The van der Waals surface area contributed by atoms with Crippen LogP contribution in [0.3, 0.4) is 0 Å². The lowest BCUT2D eigenvalue weighted by Crippen LogP contribution is -2.18. The number of rotatable bonds is 4. The third-order valence-electron chi connectivity index (χ3n) is 3.00. The van der Waals surface area contributed by atoms with Gasteiger partial charge in [0.25, 0.3) is 0 Å². The third-order valence-corrected chi connectivity index (χ3v) is 3.00. The minimum absolute atomic E-state index is 0.886. The largest absolute Gasteiger partial charge is 0.372 e. The highest BCUT2D eigenvalue weighted by atomic mass is 15.1. The van der Waals surface area contributed by atoms with Crippen molar-refractivity contribution in [1.29, 1.82) is 0 Å². The average Bonchev–Trinajstić information content (AvgIpc) is 2.64. The van der Waals surface area contributed by atoms with E-state index in [-0.39, 0.29) is 0 Å². The summed E-state index contributed by atoms with van der Waals surface area (Å²) in [5, 5.41) is 0. The van der Waals surface area contributed by atoms with E-state index in [1.54, 1.807) is 0 Å². The molecule has 0 saturated carbocycles. The Morgan fingerprint density at radius 1 is 1.22 bits per heavy atom. The molecule has 0 spiro atoms. The zero-order valence-electron chi connectivity index (χ0n) is 10.7. The number of benzene rings is 1. The van der Waals surface area contributed by atoms with Crippen LogP contribution in [0.4, 0.5) is 0 Å². The van der Waals surface area contributed by atoms with Crippen molar-refractivity contribution in [2.24, 2.45) is 4.99 Å². The molecule has 1 aromatic rings. The number of hydrogen-bond donors (Lipinski definition) is 0. The molecule has 2 rings (SSSR count). The number of hydrogen-bond acceptors (Lipinski definition) is 2. The first-order valence-electron chi connectivity index (χ1n) is 6.09. The van der Waals surface area contributed by atoms with E-state index in [4.69, 9.17) is 0 Å². The van der Waals surface area contributed by atoms with E-state index in [0.29, 0.717) is 0 Å². The van der Waals surface area contributed by atoms with Crippen LogP contribution in [-0.4, -0.2) is 18.7 Å². The van der Waals surface area contributed by atoms with Gasteiger partial charge in [-0.05, 0) is 18.4 Å². The second-order valence-electron chi connectivity index (χ2n) is 4.32. The maximum Gasteiger partial charge on any atom is 0.0816 e. The maximum atomic E-state index is 4.11. The van der Waals surface area contributed by atoms with Gasteiger partial charge in [-0.3, -0.25) is 4.99 Å². The lowest BCUT2D eigenvalue weighted by Gasteiger charge is -2.23. The first-order valence-corrected chi connectivity index (χ1v) is 6.09. The lowest BCUT2D eigenvalue weighted by atomic mass is 10.2. The molecule has 1 aliphatic rings. The Morgan fingerprint density at radius 3 is 2.72 bits per heavy atom. The molecule has 1 aliphatic carbocycles. The Morgan fingerprint density at radius 2 is 2.00 bits per heavy atom. The van der Waals surface area contributed by atoms with Crippen molar-refractivity contribution in [2.75, 3.05) is 7.05 Å². The molecule has 0 amide bonds. The van der Waals surface area contributed by atoms with Crippen molar-refractivity contribution in [3.05, 3.63) is 71.6 Å². The number of allylic oxidation sites excluding steroid dienone is 4. The summed E-state index contributed by atoms with van der Waals surface area (Å²) in [4.78, 5) is 6.35. The SMILES string of the molecule is C=NC1=C(N(C)Cc2ccccc2)CC=CC=C1. The second-order valence-corrected chi connectivity index (χ2v) is 4.32. The summed E-state index contributed by atoms with van der Waals surface area (Å²) in [6.07, 6.45) is 9.10. The van der Waals surface area contributed by atoms with Crippen LogP contribution in [0, 0.1) is 0 Å². The highest BCUT2D eigenvalue weighted by molar-refractivity contribution is 5.38. The van der Waals surface area contributed by atoms with Gasteiger partial charge in [-0.25, -0.2) is 0 Å². The summed E-state index contributed by atoms with van der Waals surface area (Å²) in [6, 6.07) is 10.5. The average molecular weight is 238 g/mol. The van der Waals surface area contributed by atoms with Gasteiger partial charge in [-0.15, -0.1) is 0 Å². The van der Waals surface area contributed by atoms with Crippen LogP contribution in [0.5, 0.6) is 0 Å². The second kappa shape index (κ2) is 6.01. The van der Waals surface area contributed by atoms with E-state index >= 15 is 0 Å². The Kier molecular flexibility index (Phi) is 4.13. The molecule has 0 radical (unpaired) electrons. The van der Waals surface area contributed by atoms with Crippen LogP contribution in [-0.2, 0) is 6.54 Å². The van der Waals surface area contributed by atoms with Gasteiger partial charge in [-0.2, -0.15) is 0 Å². The summed E-state index contributed by atoms with van der Waals surface area (Å²) in [5.74, 6) is 0. The zero-order valence-corrected chi connectivity index (χ0v) is 10.7. The van der Waals surface area contributed by atoms with Crippen LogP contribution in [0.15, 0.2) is 71.0 Å². The van der Waals surface area contributed by atoms with Crippen molar-refractivity contribution < 1.29 is 0 Å². The van der Waals surface area contributed by atoms with Gasteiger partial charge in [0, 0.05) is 25.7 Å². The minimum atomic E-state index is 0.886. The predicted molar refractivity (Wildman–Crippen MR) is 77.4 cm³/mol. The molecular formula is C16H18N2. The molecule has 0 bridgehead atoms. The Balaban J connectivity index is 2.19. The molecule has 0 unspecified atom stereocenters. The van der Waals surface area contributed by atoms with Crippen molar-refractivity contribution >= 4 is 6.72 Å². The summed E-state index contributed by atoms with van der Waals surface area (Å²) in [6.45, 7) is 4.54. The normalized spacial score (nSPS) is 14.5. The molecule has 0 N–H and O–H groups in total. The monoisotopic (exact) mass is 238 g/mol. The Labute approximate surface area is 109 Å². The van der Waals surface area contributed by atoms with E-state index < -0.39 is 0 Å². The smallest absolute Gasteiger partial charge is 0.0816 e. The number of nitrogens with zero attached hydrogens (tertiary/aromatic N) is 2. The van der Waals surface area contributed by atoms with Crippen LogP contribution in [0.2, 0.25) is 0 Å². The van der Waals surface area contributed by atoms with Gasteiger partial charge >= 0.3 is 0 Å². The minimum Gasteiger partial charge on any atom is -0.372 e. The Hall–Kier alpha value is -2.09. The van der Waals surface area contributed by atoms with E-state index in [2.05, 4.69) is 60.1 Å². The van der Waals surface area contributed by atoms with Crippen LogP contribution in [0.1, 0.15) is 12.0 Å². The zero-order chi connectivity index (χ0) is 12.8. The third kappa shape index (κ3) is 2.98. The molecule has 0 heterocycles. The molecule has 0 fully saturated rings. The highest BCUT2D eigenvalue weighted by Crippen LogP contribution is 2.20. The standard InChI is InChI=1S/C16H18N2/c1-17-15-11-7-4-8-12-16(15)18(2)13-14-9-5-3-6-10-14/h3-11H,1,12-13H2,2H3. The van der Waals surface area contributed by atoms with Gasteiger partial charge in [0.15, 0.2) is 0 Å². The molecular weight excluding hydrogens is 220 g/mol. The lowest BCUT2D eigenvalue weighted by molar-refractivity contribution is 0.400. The summed E-state index contributed by atoms with van der Waals surface area (Å²) >= 11 is 0. The summed E-state index contributed by atoms with van der Waals surface area (Å²) < 4.78 is 0. The van der Waals surface area contributed by atoms with Crippen molar-refractivity contribution in [2.45, 2.75) is 13.0 Å². The van der Waals surface area contributed by atoms with Gasteiger partial charge in [-0.1, -0.05) is 48.6 Å².